The van der Waals surface area contributed by atoms with E-state index in [-0.39, 0.29) is 5.43 Å². The Morgan fingerprint density at radius 1 is 1.50 bits per heavy atom. The lowest BCUT2D eigenvalue weighted by molar-refractivity contribution is 1.28. The molecule has 0 radical (unpaired) electrons. The zero-order valence-corrected chi connectivity index (χ0v) is 6.80. The van der Waals surface area contributed by atoms with Crippen molar-refractivity contribution in [3.63, 3.8) is 0 Å². The molecule has 3 nitrogen and oxygen atoms in total. The van der Waals surface area contributed by atoms with Gasteiger partial charge in [-0.2, -0.15) is 0 Å². The number of rotatable bonds is 0. The van der Waals surface area contributed by atoms with Crippen molar-refractivity contribution in [1.82, 2.24) is 9.97 Å². The normalized spacial score (nSPS) is 10.4. The standard InChI is InChI=1S/C8H5ClN2O/c9-5-3-6-7(12)1-2-10-8(6)11-4-5/h1-4H,(H,10,11,12). The summed E-state index contributed by atoms with van der Waals surface area (Å²) in [6, 6.07) is 3.04. The first-order valence-corrected chi connectivity index (χ1v) is 3.78. The molecule has 0 atom stereocenters. The van der Waals surface area contributed by atoms with Gasteiger partial charge < -0.3 is 4.98 Å². The molecule has 0 aliphatic rings. The van der Waals surface area contributed by atoms with E-state index >= 15 is 0 Å². The summed E-state index contributed by atoms with van der Waals surface area (Å²) in [6.45, 7) is 0. The van der Waals surface area contributed by atoms with E-state index in [1.54, 1.807) is 12.3 Å². The van der Waals surface area contributed by atoms with Gasteiger partial charge in [-0.05, 0) is 6.07 Å². The molecule has 0 aliphatic carbocycles. The second-order valence-corrected chi connectivity index (χ2v) is 2.83. The molecular weight excluding hydrogens is 176 g/mol. The minimum absolute atomic E-state index is 0.0706. The van der Waals surface area contributed by atoms with Crippen molar-refractivity contribution in [2.45, 2.75) is 0 Å². The van der Waals surface area contributed by atoms with Crippen molar-refractivity contribution in [2.75, 3.05) is 0 Å². The van der Waals surface area contributed by atoms with E-state index < -0.39 is 0 Å². The Hall–Kier alpha value is -1.35. The first-order chi connectivity index (χ1) is 5.77. The fourth-order valence-electron chi connectivity index (χ4n) is 1.03. The van der Waals surface area contributed by atoms with Crippen molar-refractivity contribution in [3.8, 4) is 0 Å². The van der Waals surface area contributed by atoms with Gasteiger partial charge in [0, 0.05) is 18.5 Å². The number of nitrogens with zero attached hydrogens (tertiary/aromatic N) is 1. The van der Waals surface area contributed by atoms with Gasteiger partial charge in [0.05, 0.1) is 10.4 Å². The number of halogens is 1. The molecular formula is C8H5ClN2O. The Labute approximate surface area is 73.0 Å². The van der Waals surface area contributed by atoms with E-state index in [4.69, 9.17) is 11.6 Å². The first-order valence-electron chi connectivity index (χ1n) is 3.40. The minimum Gasteiger partial charge on any atom is -0.346 e. The maximum Gasteiger partial charge on any atom is 0.191 e. The molecule has 0 saturated carbocycles. The summed E-state index contributed by atoms with van der Waals surface area (Å²) in [5.74, 6) is 0. The van der Waals surface area contributed by atoms with Gasteiger partial charge in [0.15, 0.2) is 5.43 Å². The second-order valence-electron chi connectivity index (χ2n) is 2.39. The number of fused-ring (bicyclic) bond motifs is 1. The average molecular weight is 181 g/mol. The van der Waals surface area contributed by atoms with Gasteiger partial charge in [-0.25, -0.2) is 4.98 Å². The molecule has 0 amide bonds. The summed E-state index contributed by atoms with van der Waals surface area (Å²) >= 11 is 5.68. The molecule has 12 heavy (non-hydrogen) atoms. The van der Waals surface area contributed by atoms with E-state index in [0.717, 1.165) is 0 Å². The third-order valence-electron chi connectivity index (χ3n) is 1.57. The monoisotopic (exact) mass is 180 g/mol. The molecule has 2 heterocycles. The third-order valence-corrected chi connectivity index (χ3v) is 1.78. The number of hydrogen-bond donors (Lipinski definition) is 1. The lowest BCUT2D eigenvalue weighted by Gasteiger charge is -1.94. The highest BCUT2D eigenvalue weighted by atomic mass is 35.5. The number of H-pyrrole nitrogens is 1. The molecule has 0 spiro atoms. The molecule has 0 bridgehead atoms. The van der Waals surface area contributed by atoms with Crippen molar-refractivity contribution < 1.29 is 0 Å². The van der Waals surface area contributed by atoms with Crippen LogP contribution in [-0.2, 0) is 0 Å². The van der Waals surface area contributed by atoms with E-state index in [0.29, 0.717) is 16.1 Å². The highest BCUT2D eigenvalue weighted by Crippen LogP contribution is 2.10. The number of aromatic nitrogens is 2. The SMILES string of the molecule is O=c1cc[nH]c2ncc(Cl)cc12. The van der Waals surface area contributed by atoms with E-state index in [1.807, 2.05) is 0 Å². The molecule has 0 aliphatic heterocycles. The van der Waals surface area contributed by atoms with Crippen LogP contribution >= 0.6 is 11.6 Å². The van der Waals surface area contributed by atoms with Gasteiger partial charge in [0.2, 0.25) is 0 Å². The fourth-order valence-corrected chi connectivity index (χ4v) is 1.19. The molecule has 0 saturated heterocycles. The molecule has 0 aromatic carbocycles. The number of pyridine rings is 2. The van der Waals surface area contributed by atoms with Crippen LogP contribution in [0.1, 0.15) is 0 Å². The van der Waals surface area contributed by atoms with Crippen LogP contribution in [0.3, 0.4) is 0 Å². The summed E-state index contributed by atoms with van der Waals surface area (Å²) in [7, 11) is 0. The summed E-state index contributed by atoms with van der Waals surface area (Å²) in [5.41, 5.74) is 0.491. The lowest BCUT2D eigenvalue weighted by atomic mass is 10.3. The van der Waals surface area contributed by atoms with Crippen LogP contribution in [-0.4, -0.2) is 9.97 Å². The van der Waals surface area contributed by atoms with Crippen molar-refractivity contribution >= 4 is 22.6 Å². The number of nitrogens with one attached hydrogen (secondary N) is 1. The molecule has 4 heteroatoms. The molecule has 1 N–H and O–H groups in total. The predicted molar refractivity (Wildman–Crippen MR) is 47.4 cm³/mol. The second kappa shape index (κ2) is 2.60. The molecule has 2 aromatic rings. The number of hydrogen-bond acceptors (Lipinski definition) is 2. The zero-order chi connectivity index (χ0) is 8.55. The Balaban J connectivity index is 2.98. The van der Waals surface area contributed by atoms with Crippen LogP contribution in [0.2, 0.25) is 5.02 Å². The van der Waals surface area contributed by atoms with Crippen LogP contribution < -0.4 is 5.43 Å². The van der Waals surface area contributed by atoms with Gasteiger partial charge >= 0.3 is 0 Å². The Morgan fingerprint density at radius 3 is 3.17 bits per heavy atom. The highest BCUT2D eigenvalue weighted by molar-refractivity contribution is 6.31. The Morgan fingerprint density at radius 2 is 2.33 bits per heavy atom. The largest absolute Gasteiger partial charge is 0.346 e. The maximum atomic E-state index is 11.2. The van der Waals surface area contributed by atoms with Crippen molar-refractivity contribution in [2.24, 2.45) is 0 Å². The summed E-state index contributed by atoms with van der Waals surface area (Å²) in [6.07, 6.45) is 3.06. The van der Waals surface area contributed by atoms with Crippen LogP contribution in [0.15, 0.2) is 29.3 Å². The average Bonchev–Trinajstić information content (AvgIpc) is 2.07. The first kappa shape index (κ1) is 7.31. The molecule has 0 unspecified atom stereocenters. The van der Waals surface area contributed by atoms with Crippen molar-refractivity contribution in [3.05, 3.63) is 39.8 Å². The van der Waals surface area contributed by atoms with Gasteiger partial charge in [-0.3, -0.25) is 4.79 Å². The smallest absolute Gasteiger partial charge is 0.191 e. The van der Waals surface area contributed by atoms with Gasteiger partial charge in [-0.15, -0.1) is 0 Å². The minimum atomic E-state index is -0.0706. The van der Waals surface area contributed by atoms with E-state index in [9.17, 15) is 4.79 Å². The van der Waals surface area contributed by atoms with Gasteiger partial charge in [0.25, 0.3) is 0 Å². The van der Waals surface area contributed by atoms with Gasteiger partial charge in [0.1, 0.15) is 5.65 Å². The van der Waals surface area contributed by atoms with Crippen LogP contribution in [0.25, 0.3) is 11.0 Å². The van der Waals surface area contributed by atoms with E-state index in [2.05, 4.69) is 9.97 Å². The highest BCUT2D eigenvalue weighted by Gasteiger charge is 1.98. The molecule has 2 rings (SSSR count). The maximum absolute atomic E-state index is 11.2. The topological polar surface area (TPSA) is 45.8 Å². The molecule has 60 valence electrons. The molecule has 0 fully saturated rings. The quantitative estimate of drug-likeness (QED) is 0.669. The fraction of sp³-hybridized carbons (Fsp3) is 0. The summed E-state index contributed by atoms with van der Waals surface area (Å²) < 4.78 is 0. The van der Waals surface area contributed by atoms with Gasteiger partial charge in [-0.1, -0.05) is 11.6 Å². The van der Waals surface area contributed by atoms with Crippen molar-refractivity contribution in [1.29, 1.82) is 0 Å². The van der Waals surface area contributed by atoms with Crippen LogP contribution in [0.5, 0.6) is 0 Å². The Kier molecular flexibility index (Phi) is 1.59. The molecule has 2 aromatic heterocycles. The predicted octanol–water partition coefficient (Wildman–Crippen LogP) is 1.58. The summed E-state index contributed by atoms with van der Waals surface area (Å²) in [4.78, 5) is 18.0. The van der Waals surface area contributed by atoms with Crippen LogP contribution in [0, 0.1) is 0 Å². The third kappa shape index (κ3) is 1.08. The summed E-state index contributed by atoms with van der Waals surface area (Å²) in [5, 5.41) is 0.990. The zero-order valence-electron chi connectivity index (χ0n) is 6.04. The number of aromatic amines is 1. The van der Waals surface area contributed by atoms with Crippen LogP contribution in [0.4, 0.5) is 0 Å². The van der Waals surface area contributed by atoms with E-state index in [1.165, 1.54) is 12.3 Å². The lowest BCUT2D eigenvalue weighted by Crippen LogP contribution is -2.00. The Bertz CT molecular complexity index is 478.